The van der Waals surface area contributed by atoms with Gasteiger partial charge in [-0.3, -0.25) is 0 Å². The minimum absolute atomic E-state index is 0.205. The molecule has 4 heteroatoms. The lowest BCUT2D eigenvalue weighted by Crippen LogP contribution is -2.03. The van der Waals surface area contributed by atoms with Crippen molar-refractivity contribution in [1.29, 1.82) is 0 Å². The highest BCUT2D eigenvalue weighted by atomic mass is 19.1. The molecule has 94 valence electrons. The molecule has 0 bridgehead atoms. The number of benzene rings is 2. The van der Waals surface area contributed by atoms with E-state index in [-0.39, 0.29) is 18.2 Å². The van der Waals surface area contributed by atoms with E-state index >= 15 is 0 Å². The summed E-state index contributed by atoms with van der Waals surface area (Å²) < 4.78 is 31.2. The summed E-state index contributed by atoms with van der Waals surface area (Å²) in [5, 5.41) is 0. The van der Waals surface area contributed by atoms with Gasteiger partial charge < -0.3 is 10.5 Å². The van der Waals surface area contributed by atoms with Gasteiger partial charge in [0.1, 0.15) is 24.0 Å². The van der Waals surface area contributed by atoms with Gasteiger partial charge in [-0.25, -0.2) is 8.78 Å². The third-order valence-corrected chi connectivity index (χ3v) is 2.55. The van der Waals surface area contributed by atoms with Crippen molar-refractivity contribution >= 4 is 0 Å². The quantitative estimate of drug-likeness (QED) is 0.904. The summed E-state index contributed by atoms with van der Waals surface area (Å²) in [4.78, 5) is 0. The molecule has 0 aliphatic rings. The molecule has 0 radical (unpaired) electrons. The highest BCUT2D eigenvalue weighted by molar-refractivity contribution is 5.34. The van der Waals surface area contributed by atoms with Crippen molar-refractivity contribution in [2.24, 2.45) is 5.73 Å². The summed E-state index contributed by atoms with van der Waals surface area (Å²) in [5.74, 6) is -0.0870. The SMILES string of the molecule is NCc1cc(F)ccc1OCc1ccc(F)cc1. The lowest BCUT2D eigenvalue weighted by molar-refractivity contribution is 0.302. The van der Waals surface area contributed by atoms with E-state index < -0.39 is 0 Å². The summed E-state index contributed by atoms with van der Waals surface area (Å²) in [7, 11) is 0. The molecule has 0 aromatic heterocycles. The van der Waals surface area contributed by atoms with E-state index in [4.69, 9.17) is 10.5 Å². The van der Waals surface area contributed by atoms with Crippen molar-refractivity contribution in [3.63, 3.8) is 0 Å². The molecule has 2 nitrogen and oxygen atoms in total. The minimum atomic E-state index is -0.343. The Labute approximate surface area is 104 Å². The fourth-order valence-electron chi connectivity index (χ4n) is 1.59. The van der Waals surface area contributed by atoms with E-state index in [1.54, 1.807) is 18.2 Å². The van der Waals surface area contributed by atoms with E-state index in [1.165, 1.54) is 24.3 Å². The molecule has 2 aromatic carbocycles. The molecule has 0 amide bonds. The molecular formula is C14H13F2NO. The third kappa shape index (κ3) is 3.05. The highest BCUT2D eigenvalue weighted by Gasteiger charge is 2.04. The van der Waals surface area contributed by atoms with Gasteiger partial charge in [0.15, 0.2) is 0 Å². The topological polar surface area (TPSA) is 35.2 Å². The Kier molecular flexibility index (Phi) is 3.89. The Morgan fingerprint density at radius 2 is 1.61 bits per heavy atom. The second kappa shape index (κ2) is 5.60. The zero-order chi connectivity index (χ0) is 13.0. The van der Waals surface area contributed by atoms with Crippen LogP contribution >= 0.6 is 0 Å². The van der Waals surface area contributed by atoms with Crippen LogP contribution in [0.1, 0.15) is 11.1 Å². The van der Waals surface area contributed by atoms with Gasteiger partial charge in [0.05, 0.1) is 0 Å². The number of halogens is 2. The van der Waals surface area contributed by atoms with E-state index in [1.807, 2.05) is 0 Å². The lowest BCUT2D eigenvalue weighted by atomic mass is 10.2. The standard InChI is InChI=1S/C14H13F2NO/c15-12-3-1-10(2-4-12)9-18-14-6-5-13(16)7-11(14)8-17/h1-7H,8-9,17H2. The van der Waals surface area contributed by atoms with Crippen LogP contribution in [0.3, 0.4) is 0 Å². The zero-order valence-corrected chi connectivity index (χ0v) is 9.70. The molecule has 0 aliphatic heterocycles. The fourth-order valence-corrected chi connectivity index (χ4v) is 1.59. The van der Waals surface area contributed by atoms with Gasteiger partial charge in [-0.15, -0.1) is 0 Å². The first-order valence-electron chi connectivity index (χ1n) is 5.55. The molecule has 0 atom stereocenters. The predicted octanol–water partition coefficient (Wildman–Crippen LogP) is 3.00. The van der Waals surface area contributed by atoms with Crippen LogP contribution in [-0.4, -0.2) is 0 Å². The molecule has 2 rings (SSSR count). The Hall–Kier alpha value is -1.94. The van der Waals surface area contributed by atoms with Gasteiger partial charge in [0, 0.05) is 12.1 Å². The Morgan fingerprint density at radius 3 is 2.28 bits per heavy atom. The fraction of sp³-hybridized carbons (Fsp3) is 0.143. The van der Waals surface area contributed by atoms with Gasteiger partial charge in [-0.1, -0.05) is 12.1 Å². The molecular weight excluding hydrogens is 236 g/mol. The summed E-state index contributed by atoms with van der Waals surface area (Å²) >= 11 is 0. The lowest BCUT2D eigenvalue weighted by Gasteiger charge is -2.10. The van der Waals surface area contributed by atoms with Crippen LogP contribution in [0.2, 0.25) is 0 Å². The highest BCUT2D eigenvalue weighted by Crippen LogP contribution is 2.20. The third-order valence-electron chi connectivity index (χ3n) is 2.55. The van der Waals surface area contributed by atoms with Gasteiger partial charge >= 0.3 is 0 Å². The molecule has 0 heterocycles. The van der Waals surface area contributed by atoms with Crippen LogP contribution in [-0.2, 0) is 13.2 Å². The predicted molar refractivity (Wildman–Crippen MR) is 65.0 cm³/mol. The molecule has 0 saturated heterocycles. The summed E-state index contributed by atoms with van der Waals surface area (Å²) in [6, 6.07) is 10.2. The molecule has 0 saturated carbocycles. The first kappa shape index (κ1) is 12.5. The molecule has 0 spiro atoms. The second-order valence-electron chi connectivity index (χ2n) is 3.87. The van der Waals surface area contributed by atoms with Crippen molar-refractivity contribution in [1.82, 2.24) is 0 Å². The Morgan fingerprint density at radius 1 is 0.944 bits per heavy atom. The van der Waals surface area contributed by atoms with Crippen molar-refractivity contribution < 1.29 is 13.5 Å². The number of nitrogens with two attached hydrogens (primary N) is 1. The van der Waals surface area contributed by atoms with Gasteiger partial charge in [-0.05, 0) is 35.9 Å². The van der Waals surface area contributed by atoms with Crippen LogP contribution in [0.5, 0.6) is 5.75 Å². The largest absolute Gasteiger partial charge is 0.489 e. The first-order valence-corrected chi connectivity index (χ1v) is 5.55. The molecule has 18 heavy (non-hydrogen) atoms. The molecule has 2 N–H and O–H groups in total. The number of hydrogen-bond acceptors (Lipinski definition) is 2. The van der Waals surface area contributed by atoms with Crippen LogP contribution in [0.4, 0.5) is 8.78 Å². The summed E-state index contributed by atoms with van der Waals surface area (Å²) in [6.07, 6.45) is 0. The maximum Gasteiger partial charge on any atom is 0.124 e. The van der Waals surface area contributed by atoms with Gasteiger partial charge in [-0.2, -0.15) is 0 Å². The number of rotatable bonds is 4. The molecule has 0 fully saturated rings. The summed E-state index contributed by atoms with van der Waals surface area (Å²) in [6.45, 7) is 0.495. The van der Waals surface area contributed by atoms with Gasteiger partial charge in [0.25, 0.3) is 0 Å². The van der Waals surface area contributed by atoms with Crippen molar-refractivity contribution in [3.05, 3.63) is 65.2 Å². The van der Waals surface area contributed by atoms with E-state index in [2.05, 4.69) is 0 Å². The van der Waals surface area contributed by atoms with Crippen LogP contribution in [0, 0.1) is 11.6 Å². The number of hydrogen-bond donors (Lipinski definition) is 1. The molecule has 2 aromatic rings. The average molecular weight is 249 g/mol. The molecule has 0 unspecified atom stereocenters. The van der Waals surface area contributed by atoms with Crippen molar-refractivity contribution in [2.75, 3.05) is 0 Å². The minimum Gasteiger partial charge on any atom is -0.489 e. The first-order chi connectivity index (χ1) is 8.69. The van der Waals surface area contributed by atoms with E-state index in [0.717, 1.165) is 5.56 Å². The molecule has 0 aliphatic carbocycles. The van der Waals surface area contributed by atoms with Crippen LogP contribution in [0.15, 0.2) is 42.5 Å². The smallest absolute Gasteiger partial charge is 0.124 e. The van der Waals surface area contributed by atoms with Crippen LogP contribution in [0.25, 0.3) is 0 Å². The summed E-state index contributed by atoms with van der Waals surface area (Å²) in [5.41, 5.74) is 6.96. The van der Waals surface area contributed by atoms with E-state index in [9.17, 15) is 8.78 Å². The Balaban J connectivity index is 2.08. The Bertz CT molecular complexity index is 526. The van der Waals surface area contributed by atoms with Gasteiger partial charge in [0.2, 0.25) is 0 Å². The monoisotopic (exact) mass is 249 g/mol. The normalized spacial score (nSPS) is 10.4. The van der Waals surface area contributed by atoms with Crippen molar-refractivity contribution in [3.8, 4) is 5.75 Å². The second-order valence-corrected chi connectivity index (χ2v) is 3.87. The maximum atomic E-state index is 13.0. The zero-order valence-electron chi connectivity index (χ0n) is 9.70. The number of ether oxygens (including phenoxy) is 1. The van der Waals surface area contributed by atoms with Crippen molar-refractivity contribution in [2.45, 2.75) is 13.2 Å². The maximum absolute atomic E-state index is 13.0. The average Bonchev–Trinajstić information content (AvgIpc) is 2.39. The van der Waals surface area contributed by atoms with Crippen LogP contribution < -0.4 is 10.5 Å². The van der Waals surface area contributed by atoms with E-state index in [0.29, 0.717) is 17.9 Å².